The molecule has 2 aromatic rings. The molecular formula is C17H24ClN3. The number of hydrogen-bond donors (Lipinski definition) is 1. The van der Waals surface area contributed by atoms with Crippen LogP contribution in [-0.2, 0) is 13.1 Å². The minimum absolute atomic E-state index is 0.722. The van der Waals surface area contributed by atoms with Gasteiger partial charge in [0.1, 0.15) is 0 Å². The first-order chi connectivity index (χ1) is 10.0. The average Bonchev–Trinajstić information content (AvgIpc) is 2.69. The Balaban J connectivity index is 2.19. The highest BCUT2D eigenvalue weighted by atomic mass is 35.5. The maximum absolute atomic E-state index is 6.33. The van der Waals surface area contributed by atoms with Gasteiger partial charge in [0.2, 0.25) is 0 Å². The molecule has 0 aliphatic rings. The van der Waals surface area contributed by atoms with Gasteiger partial charge in [-0.05, 0) is 50.9 Å². The SMILES string of the molecule is CCCNCc1c(C)nn(Cc2ccc(C)cc2Cl)c1C. The van der Waals surface area contributed by atoms with Crippen molar-refractivity contribution < 1.29 is 0 Å². The molecule has 1 heterocycles. The Morgan fingerprint density at radius 2 is 2.00 bits per heavy atom. The van der Waals surface area contributed by atoms with Crippen LogP contribution in [0.1, 0.15) is 41.4 Å². The molecule has 0 unspecified atom stereocenters. The number of benzene rings is 1. The number of nitrogens with zero attached hydrogens (tertiary/aromatic N) is 2. The van der Waals surface area contributed by atoms with E-state index in [1.54, 1.807) is 0 Å². The Hall–Kier alpha value is -1.32. The van der Waals surface area contributed by atoms with E-state index < -0.39 is 0 Å². The van der Waals surface area contributed by atoms with E-state index in [9.17, 15) is 0 Å². The van der Waals surface area contributed by atoms with Crippen LogP contribution in [0.2, 0.25) is 5.02 Å². The van der Waals surface area contributed by atoms with E-state index in [1.807, 2.05) is 6.07 Å². The Bertz CT molecular complexity index is 617. The Kier molecular flexibility index (Phi) is 5.43. The molecule has 2 rings (SSSR count). The lowest BCUT2D eigenvalue weighted by molar-refractivity contribution is 0.650. The van der Waals surface area contributed by atoms with Crippen molar-refractivity contribution in [2.45, 2.75) is 47.2 Å². The third-order valence-electron chi connectivity index (χ3n) is 3.79. The molecule has 114 valence electrons. The molecule has 0 atom stereocenters. The number of halogens is 1. The number of hydrogen-bond acceptors (Lipinski definition) is 2. The van der Waals surface area contributed by atoms with Crippen LogP contribution in [0.4, 0.5) is 0 Å². The second-order valence-corrected chi connectivity index (χ2v) is 5.99. The Morgan fingerprint density at radius 1 is 1.24 bits per heavy atom. The highest BCUT2D eigenvalue weighted by Gasteiger charge is 2.12. The van der Waals surface area contributed by atoms with Crippen molar-refractivity contribution in [1.82, 2.24) is 15.1 Å². The van der Waals surface area contributed by atoms with E-state index >= 15 is 0 Å². The second kappa shape index (κ2) is 7.10. The first-order valence-corrected chi connectivity index (χ1v) is 7.89. The molecule has 0 aliphatic heterocycles. The van der Waals surface area contributed by atoms with Gasteiger partial charge in [-0.1, -0.05) is 30.7 Å². The van der Waals surface area contributed by atoms with Crippen molar-refractivity contribution in [1.29, 1.82) is 0 Å². The monoisotopic (exact) mass is 305 g/mol. The summed E-state index contributed by atoms with van der Waals surface area (Å²) in [5.74, 6) is 0. The highest BCUT2D eigenvalue weighted by molar-refractivity contribution is 6.31. The van der Waals surface area contributed by atoms with Crippen LogP contribution in [0.25, 0.3) is 0 Å². The van der Waals surface area contributed by atoms with E-state index in [0.717, 1.165) is 42.3 Å². The molecular weight excluding hydrogens is 282 g/mol. The van der Waals surface area contributed by atoms with Gasteiger partial charge >= 0.3 is 0 Å². The summed E-state index contributed by atoms with van der Waals surface area (Å²) in [6.45, 7) is 11.1. The van der Waals surface area contributed by atoms with Crippen molar-refractivity contribution in [3.63, 3.8) is 0 Å². The molecule has 0 fully saturated rings. The van der Waals surface area contributed by atoms with Gasteiger partial charge in [-0.15, -0.1) is 0 Å². The van der Waals surface area contributed by atoms with Crippen LogP contribution >= 0.6 is 11.6 Å². The van der Waals surface area contributed by atoms with Crippen LogP contribution in [0.3, 0.4) is 0 Å². The van der Waals surface area contributed by atoms with Crippen LogP contribution in [0.15, 0.2) is 18.2 Å². The maximum Gasteiger partial charge on any atom is 0.0677 e. The molecule has 0 aliphatic carbocycles. The molecule has 3 nitrogen and oxygen atoms in total. The standard InChI is InChI=1S/C17H24ClN3/c1-5-8-19-10-16-13(3)20-21(14(16)4)11-15-7-6-12(2)9-17(15)18/h6-7,9,19H,5,8,10-11H2,1-4H3. The molecule has 1 aromatic heterocycles. The van der Waals surface area contributed by atoms with E-state index in [4.69, 9.17) is 11.6 Å². The van der Waals surface area contributed by atoms with Crippen molar-refractivity contribution >= 4 is 11.6 Å². The summed E-state index contributed by atoms with van der Waals surface area (Å²) in [6.07, 6.45) is 1.14. The summed E-state index contributed by atoms with van der Waals surface area (Å²) in [6, 6.07) is 6.19. The molecule has 0 saturated carbocycles. The number of nitrogens with one attached hydrogen (secondary N) is 1. The first-order valence-electron chi connectivity index (χ1n) is 7.51. The first kappa shape index (κ1) is 16.1. The number of aryl methyl sites for hydroxylation is 2. The number of aromatic nitrogens is 2. The molecule has 4 heteroatoms. The Labute approximate surface area is 132 Å². The summed E-state index contributed by atoms with van der Waals surface area (Å²) in [5, 5.41) is 8.93. The van der Waals surface area contributed by atoms with Gasteiger partial charge in [0.05, 0.1) is 12.2 Å². The summed E-state index contributed by atoms with van der Waals surface area (Å²) < 4.78 is 2.05. The zero-order valence-corrected chi connectivity index (χ0v) is 14.1. The van der Waals surface area contributed by atoms with E-state index in [-0.39, 0.29) is 0 Å². The van der Waals surface area contributed by atoms with Crippen LogP contribution in [-0.4, -0.2) is 16.3 Å². The molecule has 0 bridgehead atoms. The fraction of sp³-hybridized carbons (Fsp3) is 0.471. The zero-order valence-electron chi connectivity index (χ0n) is 13.3. The van der Waals surface area contributed by atoms with Gasteiger partial charge in [-0.25, -0.2) is 0 Å². The predicted molar refractivity (Wildman–Crippen MR) is 89.0 cm³/mol. The summed E-state index contributed by atoms with van der Waals surface area (Å²) in [7, 11) is 0. The lowest BCUT2D eigenvalue weighted by Gasteiger charge is -2.08. The minimum atomic E-state index is 0.722. The highest BCUT2D eigenvalue weighted by Crippen LogP contribution is 2.21. The van der Waals surface area contributed by atoms with Gasteiger partial charge in [0.25, 0.3) is 0 Å². The molecule has 21 heavy (non-hydrogen) atoms. The van der Waals surface area contributed by atoms with Crippen molar-refractivity contribution in [3.05, 3.63) is 51.3 Å². The summed E-state index contributed by atoms with van der Waals surface area (Å²) in [4.78, 5) is 0. The quantitative estimate of drug-likeness (QED) is 0.817. The maximum atomic E-state index is 6.33. The lowest BCUT2D eigenvalue weighted by Crippen LogP contribution is -2.15. The van der Waals surface area contributed by atoms with Crippen LogP contribution < -0.4 is 5.32 Å². The molecule has 0 saturated heterocycles. The average molecular weight is 306 g/mol. The lowest BCUT2D eigenvalue weighted by atomic mass is 10.1. The number of rotatable bonds is 6. The zero-order chi connectivity index (χ0) is 15.4. The van der Waals surface area contributed by atoms with Gasteiger partial charge in [-0.2, -0.15) is 5.10 Å². The van der Waals surface area contributed by atoms with Crippen LogP contribution in [0.5, 0.6) is 0 Å². The Morgan fingerprint density at radius 3 is 2.67 bits per heavy atom. The van der Waals surface area contributed by atoms with Gasteiger partial charge in [0, 0.05) is 22.8 Å². The largest absolute Gasteiger partial charge is 0.313 e. The van der Waals surface area contributed by atoms with Crippen molar-refractivity contribution in [2.24, 2.45) is 0 Å². The molecule has 0 spiro atoms. The van der Waals surface area contributed by atoms with E-state index in [0.29, 0.717) is 0 Å². The topological polar surface area (TPSA) is 29.9 Å². The van der Waals surface area contributed by atoms with Crippen molar-refractivity contribution in [2.75, 3.05) is 6.54 Å². The van der Waals surface area contributed by atoms with Gasteiger partial charge in [-0.3, -0.25) is 4.68 Å². The fourth-order valence-electron chi connectivity index (χ4n) is 2.48. The van der Waals surface area contributed by atoms with Crippen molar-refractivity contribution in [3.8, 4) is 0 Å². The molecule has 0 radical (unpaired) electrons. The third-order valence-corrected chi connectivity index (χ3v) is 4.14. The van der Waals surface area contributed by atoms with E-state index in [1.165, 1.54) is 16.8 Å². The smallest absolute Gasteiger partial charge is 0.0677 e. The normalized spacial score (nSPS) is 11.1. The van der Waals surface area contributed by atoms with Gasteiger partial charge in [0.15, 0.2) is 0 Å². The molecule has 1 N–H and O–H groups in total. The summed E-state index contributed by atoms with van der Waals surface area (Å²) in [5.41, 5.74) is 5.90. The molecule has 0 amide bonds. The molecule has 1 aromatic carbocycles. The fourth-order valence-corrected chi connectivity index (χ4v) is 2.77. The minimum Gasteiger partial charge on any atom is -0.313 e. The predicted octanol–water partition coefficient (Wildman–Crippen LogP) is 4.01. The summed E-state index contributed by atoms with van der Waals surface area (Å²) >= 11 is 6.33. The van der Waals surface area contributed by atoms with Gasteiger partial charge < -0.3 is 5.32 Å². The van der Waals surface area contributed by atoms with Crippen LogP contribution in [0, 0.1) is 20.8 Å². The third kappa shape index (κ3) is 3.86. The second-order valence-electron chi connectivity index (χ2n) is 5.58. The van der Waals surface area contributed by atoms with E-state index in [2.05, 4.69) is 54.9 Å².